The Morgan fingerprint density at radius 1 is 1.37 bits per heavy atom. The van der Waals surface area contributed by atoms with Gasteiger partial charge in [-0.05, 0) is 53.2 Å². The Bertz CT molecular complexity index is 626. The largest absolute Gasteiger partial charge is 0.384 e. The van der Waals surface area contributed by atoms with Gasteiger partial charge in [-0.25, -0.2) is 4.98 Å². The van der Waals surface area contributed by atoms with Crippen molar-refractivity contribution in [3.05, 3.63) is 51.1 Å². The van der Waals surface area contributed by atoms with Gasteiger partial charge in [0.15, 0.2) is 0 Å². The van der Waals surface area contributed by atoms with Gasteiger partial charge < -0.3 is 11.1 Å². The molecule has 0 bridgehead atoms. The number of carbonyl (C=O) groups excluding carboxylic acids is 1. The van der Waals surface area contributed by atoms with Gasteiger partial charge in [-0.1, -0.05) is 11.6 Å². The van der Waals surface area contributed by atoms with Crippen molar-refractivity contribution in [2.75, 3.05) is 11.1 Å². The van der Waals surface area contributed by atoms with Gasteiger partial charge in [0, 0.05) is 20.8 Å². The molecular formula is C13H11BrClN3O. The van der Waals surface area contributed by atoms with Gasteiger partial charge in [-0.3, -0.25) is 4.79 Å². The number of nitrogens with two attached hydrogens (primary N) is 1. The maximum atomic E-state index is 12.1. The predicted molar refractivity (Wildman–Crippen MR) is 80.5 cm³/mol. The van der Waals surface area contributed by atoms with Crippen LogP contribution in [-0.2, 0) is 0 Å². The van der Waals surface area contributed by atoms with Crippen molar-refractivity contribution in [2.24, 2.45) is 0 Å². The van der Waals surface area contributed by atoms with Gasteiger partial charge in [0.25, 0.3) is 5.91 Å². The quantitative estimate of drug-likeness (QED) is 0.877. The number of halogens is 2. The van der Waals surface area contributed by atoms with E-state index in [2.05, 4.69) is 26.2 Å². The Labute approximate surface area is 124 Å². The maximum absolute atomic E-state index is 12.1. The van der Waals surface area contributed by atoms with Crippen molar-refractivity contribution in [3.8, 4) is 0 Å². The number of nitrogens with one attached hydrogen (secondary N) is 1. The molecule has 1 aromatic carbocycles. The number of hydrogen-bond donors (Lipinski definition) is 2. The third-order valence-corrected chi connectivity index (χ3v) is 3.34. The van der Waals surface area contributed by atoms with Crippen LogP contribution in [0.5, 0.6) is 0 Å². The smallest absolute Gasteiger partial charge is 0.255 e. The van der Waals surface area contributed by atoms with Gasteiger partial charge in [0.2, 0.25) is 0 Å². The van der Waals surface area contributed by atoms with Crippen LogP contribution in [0.4, 0.5) is 11.5 Å². The molecule has 2 rings (SSSR count). The highest BCUT2D eigenvalue weighted by Crippen LogP contribution is 2.26. The first-order valence-corrected chi connectivity index (χ1v) is 6.63. The minimum absolute atomic E-state index is 0.264. The molecule has 0 fully saturated rings. The van der Waals surface area contributed by atoms with Crippen molar-refractivity contribution in [2.45, 2.75) is 6.92 Å². The van der Waals surface area contributed by atoms with Crippen LogP contribution in [0, 0.1) is 6.92 Å². The number of carbonyl (C=O) groups is 1. The fraction of sp³-hybridized carbons (Fsp3) is 0.0769. The number of nitrogens with zero attached hydrogens (tertiary/aromatic N) is 1. The van der Waals surface area contributed by atoms with E-state index in [1.165, 1.54) is 6.07 Å². The lowest BCUT2D eigenvalue weighted by molar-refractivity contribution is 0.102. The molecule has 1 aromatic heterocycles. The fourth-order valence-electron chi connectivity index (χ4n) is 1.61. The molecule has 19 heavy (non-hydrogen) atoms. The highest BCUT2D eigenvalue weighted by atomic mass is 79.9. The molecule has 0 spiro atoms. The van der Waals surface area contributed by atoms with E-state index in [4.69, 9.17) is 17.3 Å². The summed E-state index contributed by atoms with van der Waals surface area (Å²) in [6, 6.07) is 8.37. The van der Waals surface area contributed by atoms with Crippen molar-refractivity contribution >= 4 is 44.9 Å². The van der Waals surface area contributed by atoms with Crippen molar-refractivity contribution < 1.29 is 4.79 Å². The van der Waals surface area contributed by atoms with E-state index in [1.807, 2.05) is 0 Å². The number of amides is 1. The molecule has 2 aromatic rings. The van der Waals surface area contributed by atoms with Crippen LogP contribution in [0.3, 0.4) is 0 Å². The second kappa shape index (κ2) is 5.59. The lowest BCUT2D eigenvalue weighted by Gasteiger charge is -2.08. The van der Waals surface area contributed by atoms with Gasteiger partial charge in [-0.2, -0.15) is 0 Å². The molecule has 0 radical (unpaired) electrons. The van der Waals surface area contributed by atoms with Crippen LogP contribution in [0.25, 0.3) is 0 Å². The van der Waals surface area contributed by atoms with Gasteiger partial charge in [0.1, 0.15) is 5.82 Å². The first-order chi connectivity index (χ1) is 8.95. The monoisotopic (exact) mass is 339 g/mol. The van der Waals surface area contributed by atoms with E-state index in [0.29, 0.717) is 27.8 Å². The van der Waals surface area contributed by atoms with Crippen LogP contribution in [0.2, 0.25) is 5.02 Å². The molecular weight excluding hydrogens is 330 g/mol. The SMILES string of the molecule is Cc1cc(C(=O)Nc2cc(Cl)ccc2Br)cc(N)n1. The maximum Gasteiger partial charge on any atom is 0.255 e. The molecule has 1 heterocycles. The molecule has 6 heteroatoms. The first kappa shape index (κ1) is 13.8. The molecule has 98 valence electrons. The minimum Gasteiger partial charge on any atom is -0.384 e. The highest BCUT2D eigenvalue weighted by Gasteiger charge is 2.10. The Morgan fingerprint density at radius 3 is 2.79 bits per heavy atom. The fourth-order valence-corrected chi connectivity index (χ4v) is 2.13. The molecule has 3 N–H and O–H groups in total. The minimum atomic E-state index is -0.264. The standard InChI is InChI=1S/C13H11BrClN3O/c1-7-4-8(5-12(16)17-7)13(19)18-11-6-9(15)2-3-10(11)14/h2-6H,1H3,(H2,16,17)(H,18,19). The third kappa shape index (κ3) is 3.45. The Kier molecular flexibility index (Phi) is 4.07. The summed E-state index contributed by atoms with van der Waals surface area (Å²) in [5.41, 5.74) is 7.37. The first-order valence-electron chi connectivity index (χ1n) is 5.46. The van der Waals surface area contributed by atoms with Crippen molar-refractivity contribution in [1.29, 1.82) is 0 Å². The zero-order valence-corrected chi connectivity index (χ0v) is 12.4. The normalized spacial score (nSPS) is 10.3. The molecule has 1 amide bonds. The Balaban J connectivity index is 2.28. The molecule has 0 atom stereocenters. The summed E-state index contributed by atoms with van der Waals surface area (Å²) in [6.45, 7) is 1.78. The molecule has 0 aliphatic carbocycles. The summed E-state index contributed by atoms with van der Waals surface area (Å²) in [5, 5.41) is 3.31. The predicted octanol–water partition coefficient (Wildman–Crippen LogP) is 3.64. The summed E-state index contributed by atoms with van der Waals surface area (Å²) < 4.78 is 0.754. The summed E-state index contributed by atoms with van der Waals surface area (Å²) in [6.07, 6.45) is 0. The molecule has 0 aliphatic heterocycles. The number of aryl methyl sites for hydroxylation is 1. The summed E-state index contributed by atoms with van der Waals surface area (Å²) in [7, 11) is 0. The summed E-state index contributed by atoms with van der Waals surface area (Å²) in [4.78, 5) is 16.1. The van der Waals surface area contributed by atoms with Gasteiger partial charge >= 0.3 is 0 Å². The number of pyridine rings is 1. The molecule has 0 aliphatic rings. The molecule has 4 nitrogen and oxygen atoms in total. The Morgan fingerprint density at radius 2 is 2.11 bits per heavy atom. The van der Waals surface area contributed by atoms with Crippen molar-refractivity contribution in [3.63, 3.8) is 0 Å². The van der Waals surface area contributed by atoms with E-state index in [9.17, 15) is 4.79 Å². The van der Waals surface area contributed by atoms with Crippen LogP contribution >= 0.6 is 27.5 Å². The third-order valence-electron chi connectivity index (χ3n) is 2.41. The van der Waals surface area contributed by atoms with E-state index in [0.717, 1.165) is 4.47 Å². The number of benzene rings is 1. The average molecular weight is 341 g/mol. The van der Waals surface area contributed by atoms with E-state index >= 15 is 0 Å². The van der Waals surface area contributed by atoms with Crippen LogP contribution in [0.15, 0.2) is 34.8 Å². The van der Waals surface area contributed by atoms with E-state index in [1.54, 1.807) is 31.2 Å². The van der Waals surface area contributed by atoms with Gasteiger partial charge in [0.05, 0.1) is 5.69 Å². The summed E-state index contributed by atoms with van der Waals surface area (Å²) >= 11 is 9.24. The molecule has 0 saturated carbocycles. The molecule has 0 unspecified atom stereocenters. The number of anilines is 2. The lowest BCUT2D eigenvalue weighted by atomic mass is 10.2. The zero-order valence-electron chi connectivity index (χ0n) is 10.1. The average Bonchev–Trinajstić information content (AvgIpc) is 2.32. The zero-order chi connectivity index (χ0) is 14.0. The highest BCUT2D eigenvalue weighted by molar-refractivity contribution is 9.10. The number of nitrogen functional groups attached to an aromatic ring is 1. The van der Waals surface area contributed by atoms with E-state index in [-0.39, 0.29) is 5.91 Å². The van der Waals surface area contributed by atoms with Crippen LogP contribution < -0.4 is 11.1 Å². The topological polar surface area (TPSA) is 68.0 Å². The number of aromatic nitrogens is 1. The van der Waals surface area contributed by atoms with Crippen LogP contribution in [-0.4, -0.2) is 10.9 Å². The molecule has 0 saturated heterocycles. The van der Waals surface area contributed by atoms with Crippen molar-refractivity contribution in [1.82, 2.24) is 4.98 Å². The van der Waals surface area contributed by atoms with E-state index < -0.39 is 0 Å². The summed E-state index contributed by atoms with van der Waals surface area (Å²) in [5.74, 6) is 0.0514. The second-order valence-electron chi connectivity index (χ2n) is 4.00. The van der Waals surface area contributed by atoms with Crippen LogP contribution in [0.1, 0.15) is 16.1 Å². The van der Waals surface area contributed by atoms with Gasteiger partial charge in [-0.15, -0.1) is 0 Å². The lowest BCUT2D eigenvalue weighted by Crippen LogP contribution is -2.13. The second-order valence-corrected chi connectivity index (χ2v) is 5.29. The Hall–Kier alpha value is -1.59. The number of rotatable bonds is 2. The number of hydrogen-bond acceptors (Lipinski definition) is 3.